The Balaban J connectivity index is 2.21. The third-order valence-corrected chi connectivity index (χ3v) is 4.44. The molecule has 3 nitrogen and oxygen atoms in total. The van der Waals surface area contributed by atoms with Gasteiger partial charge in [0.1, 0.15) is 0 Å². The van der Waals surface area contributed by atoms with Crippen LogP contribution in [0.2, 0.25) is 0 Å². The van der Waals surface area contributed by atoms with Gasteiger partial charge < -0.3 is 14.9 Å². The lowest BCUT2D eigenvalue weighted by molar-refractivity contribution is -0.244. The molecule has 0 heterocycles. The van der Waals surface area contributed by atoms with E-state index >= 15 is 0 Å². The summed E-state index contributed by atoms with van der Waals surface area (Å²) in [5, 5.41) is 20.5. The Kier molecular flexibility index (Phi) is 2.89. The van der Waals surface area contributed by atoms with Gasteiger partial charge in [0.15, 0.2) is 0 Å². The number of ether oxygens (including phenoxy) is 1. The van der Waals surface area contributed by atoms with Gasteiger partial charge >= 0.3 is 0 Å². The van der Waals surface area contributed by atoms with Crippen LogP contribution in [0.3, 0.4) is 0 Å². The lowest BCUT2D eigenvalue weighted by Crippen LogP contribution is -2.63. The fourth-order valence-corrected chi connectivity index (χ4v) is 3.84. The van der Waals surface area contributed by atoms with E-state index in [4.69, 9.17) is 4.74 Å². The van der Waals surface area contributed by atoms with Crippen molar-refractivity contribution in [3.05, 3.63) is 0 Å². The van der Waals surface area contributed by atoms with Crippen LogP contribution in [0.25, 0.3) is 0 Å². The van der Waals surface area contributed by atoms with Crippen LogP contribution in [0, 0.1) is 11.3 Å². The highest BCUT2D eigenvalue weighted by Crippen LogP contribution is 2.56. The summed E-state index contributed by atoms with van der Waals surface area (Å²) in [6.45, 7) is 10.2. The normalized spacial score (nSPS) is 50.6. The second kappa shape index (κ2) is 3.69. The molecule has 3 rings (SSSR count). The number of rotatable bonds is 1. The van der Waals surface area contributed by atoms with Crippen molar-refractivity contribution in [1.82, 2.24) is 0 Å². The van der Waals surface area contributed by atoms with Crippen molar-refractivity contribution in [2.75, 3.05) is 0 Å². The predicted octanol–water partition coefficient (Wildman–Crippen LogP) is 2.10. The average Bonchev–Trinajstić information content (AvgIpc) is 2.03. The van der Waals surface area contributed by atoms with Crippen molar-refractivity contribution in [3.63, 3.8) is 0 Å². The standard InChI is InChI=1S/C14H26O3/c1-12(2,3)17-11-6-9-10(15)7-13(11,4)8-14(9,5)16/h9-11,15-16H,6-8H2,1-5H3/t9-,10+,11+,13+,14-/m1/s1. The van der Waals surface area contributed by atoms with E-state index in [9.17, 15) is 10.2 Å². The van der Waals surface area contributed by atoms with Crippen LogP contribution in [0.4, 0.5) is 0 Å². The van der Waals surface area contributed by atoms with Gasteiger partial charge in [-0.3, -0.25) is 0 Å². The van der Waals surface area contributed by atoms with Crippen LogP contribution in [0.1, 0.15) is 53.9 Å². The highest BCUT2D eigenvalue weighted by atomic mass is 16.5. The Hall–Kier alpha value is -0.120. The van der Waals surface area contributed by atoms with E-state index in [2.05, 4.69) is 27.7 Å². The van der Waals surface area contributed by atoms with Gasteiger partial charge in [-0.2, -0.15) is 0 Å². The third kappa shape index (κ3) is 2.38. The maximum Gasteiger partial charge on any atom is 0.0679 e. The molecular formula is C14H26O3. The Morgan fingerprint density at radius 1 is 1.24 bits per heavy atom. The van der Waals surface area contributed by atoms with Gasteiger partial charge in [0.05, 0.1) is 23.4 Å². The maximum absolute atomic E-state index is 10.4. The van der Waals surface area contributed by atoms with Gasteiger partial charge in [0.2, 0.25) is 0 Å². The first-order valence-corrected chi connectivity index (χ1v) is 6.62. The molecule has 2 bridgehead atoms. The van der Waals surface area contributed by atoms with Crippen molar-refractivity contribution in [2.45, 2.75) is 77.3 Å². The van der Waals surface area contributed by atoms with Gasteiger partial charge in [-0.15, -0.1) is 0 Å². The molecule has 100 valence electrons. The molecule has 0 spiro atoms. The maximum atomic E-state index is 10.4. The third-order valence-electron chi connectivity index (χ3n) is 4.44. The van der Waals surface area contributed by atoms with Crippen LogP contribution in [-0.2, 0) is 4.74 Å². The molecule has 0 unspecified atom stereocenters. The molecule has 3 saturated carbocycles. The molecule has 3 aliphatic rings. The minimum Gasteiger partial charge on any atom is -0.393 e. The average molecular weight is 242 g/mol. The largest absolute Gasteiger partial charge is 0.393 e. The molecule has 5 atom stereocenters. The molecule has 0 aliphatic heterocycles. The lowest BCUT2D eigenvalue weighted by Gasteiger charge is -2.59. The summed E-state index contributed by atoms with van der Waals surface area (Å²) < 4.78 is 6.14. The van der Waals surface area contributed by atoms with Crippen molar-refractivity contribution in [3.8, 4) is 0 Å². The van der Waals surface area contributed by atoms with E-state index in [1.165, 1.54) is 0 Å². The van der Waals surface area contributed by atoms with Crippen LogP contribution < -0.4 is 0 Å². The second-order valence-corrected chi connectivity index (χ2v) is 7.52. The van der Waals surface area contributed by atoms with Gasteiger partial charge in [0, 0.05) is 5.92 Å². The summed E-state index contributed by atoms with van der Waals surface area (Å²) in [6, 6.07) is 0. The number of fused-ring (bicyclic) bond motifs is 3. The van der Waals surface area contributed by atoms with Gasteiger partial charge in [-0.05, 0) is 52.4 Å². The summed E-state index contributed by atoms with van der Waals surface area (Å²) in [4.78, 5) is 0. The van der Waals surface area contributed by atoms with Crippen molar-refractivity contribution >= 4 is 0 Å². The topological polar surface area (TPSA) is 49.7 Å². The molecule has 0 aromatic heterocycles. The minimum atomic E-state index is -0.746. The quantitative estimate of drug-likeness (QED) is 0.740. The molecule has 0 aromatic carbocycles. The first kappa shape index (κ1) is 13.3. The van der Waals surface area contributed by atoms with Crippen molar-refractivity contribution in [2.24, 2.45) is 11.3 Å². The van der Waals surface area contributed by atoms with E-state index in [1.54, 1.807) is 0 Å². The zero-order valence-corrected chi connectivity index (χ0v) is 11.7. The molecule has 3 fully saturated rings. The number of hydrogen-bond donors (Lipinski definition) is 2. The lowest BCUT2D eigenvalue weighted by atomic mass is 9.53. The molecule has 0 saturated heterocycles. The summed E-state index contributed by atoms with van der Waals surface area (Å²) >= 11 is 0. The molecule has 3 heteroatoms. The number of aliphatic hydroxyl groups excluding tert-OH is 1. The molecule has 17 heavy (non-hydrogen) atoms. The molecule has 2 N–H and O–H groups in total. The van der Waals surface area contributed by atoms with E-state index in [0.717, 1.165) is 19.3 Å². The molecule has 0 aromatic rings. The van der Waals surface area contributed by atoms with Gasteiger partial charge in [-0.1, -0.05) is 6.92 Å². The number of hydrogen-bond acceptors (Lipinski definition) is 3. The summed E-state index contributed by atoms with van der Waals surface area (Å²) in [6.07, 6.45) is 2.00. The Morgan fingerprint density at radius 2 is 1.82 bits per heavy atom. The summed E-state index contributed by atoms with van der Waals surface area (Å²) in [5.74, 6) is -0.0447. The highest BCUT2D eigenvalue weighted by molar-refractivity contribution is 5.09. The molecule has 0 amide bonds. The first-order valence-electron chi connectivity index (χ1n) is 6.62. The zero-order chi connectivity index (χ0) is 13.1. The van der Waals surface area contributed by atoms with Crippen LogP contribution >= 0.6 is 0 Å². The van der Waals surface area contributed by atoms with Crippen LogP contribution in [0.5, 0.6) is 0 Å². The van der Waals surface area contributed by atoms with Gasteiger partial charge in [0.25, 0.3) is 0 Å². The van der Waals surface area contributed by atoms with Crippen molar-refractivity contribution < 1.29 is 14.9 Å². The SMILES string of the molecule is CC(C)(C)O[C@H]1C[C@@H]2[C@@H](O)C[C@@]1(C)C[C@@]2(C)O. The Morgan fingerprint density at radius 3 is 2.24 bits per heavy atom. The molecule has 0 radical (unpaired) electrons. The van der Waals surface area contributed by atoms with E-state index in [0.29, 0.717) is 0 Å². The molecule has 3 aliphatic carbocycles. The van der Waals surface area contributed by atoms with Crippen LogP contribution in [0.15, 0.2) is 0 Å². The smallest absolute Gasteiger partial charge is 0.0679 e. The molecular weight excluding hydrogens is 216 g/mol. The number of aliphatic hydroxyl groups is 2. The second-order valence-electron chi connectivity index (χ2n) is 7.52. The van der Waals surface area contributed by atoms with Crippen molar-refractivity contribution in [1.29, 1.82) is 0 Å². The van der Waals surface area contributed by atoms with Crippen LogP contribution in [-0.4, -0.2) is 33.6 Å². The zero-order valence-electron chi connectivity index (χ0n) is 11.7. The monoisotopic (exact) mass is 242 g/mol. The van der Waals surface area contributed by atoms with Gasteiger partial charge in [-0.25, -0.2) is 0 Å². The highest BCUT2D eigenvalue weighted by Gasteiger charge is 2.58. The van der Waals surface area contributed by atoms with E-state index in [1.807, 2.05) is 6.92 Å². The summed E-state index contributed by atoms with van der Waals surface area (Å²) in [7, 11) is 0. The fourth-order valence-electron chi connectivity index (χ4n) is 3.84. The van der Waals surface area contributed by atoms with E-state index < -0.39 is 5.60 Å². The predicted molar refractivity (Wildman–Crippen MR) is 66.7 cm³/mol. The minimum absolute atomic E-state index is 0.0447. The fraction of sp³-hybridized carbons (Fsp3) is 1.00. The Labute approximate surface area is 104 Å². The summed E-state index contributed by atoms with van der Waals surface area (Å²) in [5.41, 5.74) is -1.02. The first-order chi connectivity index (χ1) is 7.54. The van der Waals surface area contributed by atoms with E-state index in [-0.39, 0.29) is 29.1 Å². The Bertz CT molecular complexity index is 305.